The normalized spacial score (nSPS) is 23.7. The van der Waals surface area contributed by atoms with Gasteiger partial charge in [0.15, 0.2) is 0 Å². The lowest BCUT2D eigenvalue weighted by Crippen LogP contribution is -2.43. The molecule has 2 heterocycles. The minimum Gasteiger partial charge on any atom is -0.448 e. The Bertz CT molecular complexity index is 632. The van der Waals surface area contributed by atoms with Crippen LogP contribution in [-0.2, 0) is 9.47 Å². The monoisotopic (exact) mass is 364 g/mol. The van der Waals surface area contributed by atoms with Crippen LogP contribution in [-0.4, -0.2) is 65.1 Å². The summed E-state index contributed by atoms with van der Waals surface area (Å²) in [7, 11) is 0. The highest BCUT2D eigenvalue weighted by molar-refractivity contribution is 8.00. The molecule has 2 amide bonds. The minimum atomic E-state index is -0.538. The Morgan fingerprint density at radius 2 is 1.96 bits per heavy atom. The second-order valence-electron chi connectivity index (χ2n) is 7.23. The molecular formula is C18H24N2O4S. The molecular weight excluding hydrogens is 340 g/mol. The van der Waals surface area contributed by atoms with Gasteiger partial charge in [-0.25, -0.2) is 9.59 Å². The predicted octanol–water partition coefficient (Wildman–Crippen LogP) is 3.22. The zero-order valence-electron chi connectivity index (χ0n) is 14.8. The van der Waals surface area contributed by atoms with Crippen LogP contribution in [0.3, 0.4) is 0 Å². The van der Waals surface area contributed by atoms with E-state index in [9.17, 15) is 9.59 Å². The summed E-state index contributed by atoms with van der Waals surface area (Å²) in [6.45, 7) is 7.55. The van der Waals surface area contributed by atoms with Crippen LogP contribution in [0, 0.1) is 0 Å². The SMILES string of the molecule is CC(C)(C)OC(=O)N1C[C@H](Sc2ccccc2)[C@@H](N2CCOC2=O)C1. The van der Waals surface area contributed by atoms with Crippen LogP contribution in [0.15, 0.2) is 35.2 Å². The summed E-state index contributed by atoms with van der Waals surface area (Å²) in [6, 6.07) is 9.96. The molecule has 0 unspecified atom stereocenters. The van der Waals surface area contributed by atoms with Crippen LogP contribution in [0.5, 0.6) is 0 Å². The molecule has 0 aliphatic carbocycles. The number of carbonyl (C=O) groups excluding carboxylic acids is 2. The average Bonchev–Trinajstić information content (AvgIpc) is 3.13. The summed E-state index contributed by atoms with van der Waals surface area (Å²) in [5.74, 6) is 0. The predicted molar refractivity (Wildman–Crippen MR) is 95.7 cm³/mol. The lowest BCUT2D eigenvalue weighted by molar-refractivity contribution is 0.0283. The molecule has 0 radical (unpaired) electrons. The zero-order valence-corrected chi connectivity index (χ0v) is 15.6. The van der Waals surface area contributed by atoms with Crippen molar-refractivity contribution in [3.8, 4) is 0 Å². The molecule has 0 aromatic heterocycles. The van der Waals surface area contributed by atoms with E-state index in [2.05, 4.69) is 0 Å². The van der Waals surface area contributed by atoms with E-state index in [-0.39, 0.29) is 23.5 Å². The van der Waals surface area contributed by atoms with E-state index in [0.717, 1.165) is 4.90 Å². The highest BCUT2D eigenvalue weighted by Crippen LogP contribution is 2.34. The number of rotatable bonds is 3. The van der Waals surface area contributed by atoms with Crippen LogP contribution in [0.2, 0.25) is 0 Å². The molecule has 25 heavy (non-hydrogen) atoms. The van der Waals surface area contributed by atoms with Gasteiger partial charge in [-0.1, -0.05) is 18.2 Å². The highest BCUT2D eigenvalue weighted by Gasteiger charge is 2.44. The first kappa shape index (κ1) is 17.9. The molecule has 2 saturated heterocycles. The van der Waals surface area contributed by atoms with Gasteiger partial charge in [-0.05, 0) is 32.9 Å². The van der Waals surface area contributed by atoms with E-state index in [1.807, 2.05) is 51.1 Å². The maximum atomic E-state index is 12.5. The third-order valence-electron chi connectivity index (χ3n) is 4.11. The molecule has 0 spiro atoms. The Morgan fingerprint density at radius 1 is 1.24 bits per heavy atom. The van der Waals surface area contributed by atoms with Gasteiger partial charge in [0.1, 0.15) is 12.2 Å². The number of likely N-dealkylation sites (tertiary alicyclic amines) is 1. The van der Waals surface area contributed by atoms with E-state index in [0.29, 0.717) is 26.2 Å². The number of thioether (sulfide) groups is 1. The van der Waals surface area contributed by atoms with Crippen LogP contribution in [0.4, 0.5) is 9.59 Å². The first-order valence-corrected chi connectivity index (χ1v) is 9.34. The average molecular weight is 364 g/mol. The molecule has 1 aromatic carbocycles. The van der Waals surface area contributed by atoms with Gasteiger partial charge in [0.05, 0.1) is 12.6 Å². The second kappa shape index (κ2) is 7.15. The van der Waals surface area contributed by atoms with Crippen molar-refractivity contribution in [2.45, 2.75) is 42.6 Å². The zero-order chi connectivity index (χ0) is 18.0. The van der Waals surface area contributed by atoms with E-state index in [1.54, 1.807) is 21.6 Å². The number of hydrogen-bond donors (Lipinski definition) is 0. The molecule has 0 N–H and O–H groups in total. The van der Waals surface area contributed by atoms with Gasteiger partial charge < -0.3 is 14.4 Å². The third-order valence-corrected chi connectivity index (χ3v) is 5.42. The van der Waals surface area contributed by atoms with Crippen molar-refractivity contribution in [2.75, 3.05) is 26.2 Å². The fraction of sp³-hybridized carbons (Fsp3) is 0.556. The minimum absolute atomic E-state index is 0.0762. The lowest BCUT2D eigenvalue weighted by atomic mass is 10.2. The molecule has 2 atom stereocenters. The maximum Gasteiger partial charge on any atom is 0.410 e. The van der Waals surface area contributed by atoms with Gasteiger partial charge in [0, 0.05) is 23.2 Å². The van der Waals surface area contributed by atoms with Gasteiger partial charge in [-0.15, -0.1) is 11.8 Å². The van der Waals surface area contributed by atoms with Crippen molar-refractivity contribution in [1.29, 1.82) is 0 Å². The van der Waals surface area contributed by atoms with Crippen molar-refractivity contribution in [1.82, 2.24) is 9.80 Å². The number of benzene rings is 1. The molecule has 0 bridgehead atoms. The Morgan fingerprint density at radius 3 is 2.56 bits per heavy atom. The standard InChI is InChI=1S/C18H24N2O4S/c1-18(2,3)24-16(21)19-11-14(20-9-10-23-17(20)22)15(12-19)25-13-7-5-4-6-8-13/h4-8,14-15H,9-12H2,1-3H3/t14-,15-/m0/s1. The lowest BCUT2D eigenvalue weighted by Gasteiger charge is -2.26. The Hall–Kier alpha value is -1.89. The second-order valence-corrected chi connectivity index (χ2v) is 8.54. The number of hydrogen-bond acceptors (Lipinski definition) is 5. The summed E-state index contributed by atoms with van der Waals surface area (Å²) >= 11 is 1.69. The molecule has 2 fully saturated rings. The summed E-state index contributed by atoms with van der Waals surface area (Å²) in [5.41, 5.74) is -0.538. The van der Waals surface area contributed by atoms with E-state index < -0.39 is 5.60 Å². The van der Waals surface area contributed by atoms with Gasteiger partial charge in [-0.3, -0.25) is 4.90 Å². The Labute approximate surface area is 152 Å². The number of cyclic esters (lactones) is 1. The maximum absolute atomic E-state index is 12.5. The van der Waals surface area contributed by atoms with E-state index >= 15 is 0 Å². The van der Waals surface area contributed by atoms with Gasteiger partial charge >= 0.3 is 12.2 Å². The van der Waals surface area contributed by atoms with Crippen molar-refractivity contribution in [2.24, 2.45) is 0 Å². The topological polar surface area (TPSA) is 59.1 Å². The van der Waals surface area contributed by atoms with Gasteiger partial charge in [0.25, 0.3) is 0 Å². The number of ether oxygens (including phenoxy) is 2. The fourth-order valence-electron chi connectivity index (χ4n) is 3.03. The van der Waals surface area contributed by atoms with Crippen molar-refractivity contribution in [3.63, 3.8) is 0 Å². The molecule has 0 saturated carbocycles. The van der Waals surface area contributed by atoms with E-state index in [4.69, 9.17) is 9.47 Å². The van der Waals surface area contributed by atoms with Crippen molar-refractivity contribution >= 4 is 23.9 Å². The first-order chi connectivity index (χ1) is 11.8. The summed E-state index contributed by atoms with van der Waals surface area (Å²) in [5, 5.41) is 0.0839. The molecule has 7 heteroatoms. The molecule has 136 valence electrons. The van der Waals surface area contributed by atoms with Crippen LogP contribution in [0.1, 0.15) is 20.8 Å². The van der Waals surface area contributed by atoms with Crippen LogP contribution in [0.25, 0.3) is 0 Å². The summed E-state index contributed by atoms with van der Waals surface area (Å²) in [4.78, 5) is 29.0. The number of carbonyl (C=O) groups is 2. The molecule has 6 nitrogen and oxygen atoms in total. The van der Waals surface area contributed by atoms with E-state index in [1.165, 1.54) is 0 Å². The largest absolute Gasteiger partial charge is 0.448 e. The van der Waals surface area contributed by atoms with Crippen LogP contribution < -0.4 is 0 Å². The highest BCUT2D eigenvalue weighted by atomic mass is 32.2. The fourth-order valence-corrected chi connectivity index (χ4v) is 4.34. The molecule has 3 rings (SSSR count). The quantitative estimate of drug-likeness (QED) is 0.824. The smallest absolute Gasteiger partial charge is 0.410 e. The third kappa shape index (κ3) is 4.39. The van der Waals surface area contributed by atoms with Gasteiger partial charge in [-0.2, -0.15) is 0 Å². The number of amides is 2. The molecule has 2 aliphatic rings. The first-order valence-electron chi connectivity index (χ1n) is 8.46. The van der Waals surface area contributed by atoms with Crippen molar-refractivity contribution in [3.05, 3.63) is 30.3 Å². The van der Waals surface area contributed by atoms with Crippen molar-refractivity contribution < 1.29 is 19.1 Å². The molecule has 1 aromatic rings. The molecule has 2 aliphatic heterocycles. The summed E-state index contributed by atoms with van der Waals surface area (Å²) in [6.07, 6.45) is -0.629. The Balaban J connectivity index is 1.75. The summed E-state index contributed by atoms with van der Waals surface area (Å²) < 4.78 is 10.6. The van der Waals surface area contributed by atoms with Crippen LogP contribution >= 0.6 is 11.8 Å². The number of nitrogens with zero attached hydrogens (tertiary/aromatic N) is 2. The van der Waals surface area contributed by atoms with Gasteiger partial charge in [0.2, 0.25) is 0 Å². The Kier molecular flexibility index (Phi) is 5.13.